The lowest BCUT2D eigenvalue weighted by Crippen LogP contribution is -2.76. The van der Waals surface area contributed by atoms with E-state index < -0.39 is 28.3 Å². The van der Waals surface area contributed by atoms with E-state index >= 15 is 0 Å². The van der Waals surface area contributed by atoms with E-state index in [1.165, 1.54) is 32.2 Å². The predicted octanol–water partition coefficient (Wildman–Crippen LogP) is 4.63. The number of nitrogens with zero attached hydrogens (tertiary/aromatic N) is 5. The van der Waals surface area contributed by atoms with Gasteiger partial charge < -0.3 is 20.2 Å². The molecule has 2 N–H and O–H groups in total. The van der Waals surface area contributed by atoms with Crippen LogP contribution < -0.4 is 5.32 Å². The highest BCUT2D eigenvalue weighted by atomic mass is 32.2. The number of nitrogens with one attached hydrogen (secondary N) is 1. The van der Waals surface area contributed by atoms with Crippen LogP contribution in [0.2, 0.25) is 0 Å². The van der Waals surface area contributed by atoms with Crippen molar-refractivity contribution in [2.45, 2.75) is 43.5 Å². The molecule has 272 valence electrons. The maximum atomic E-state index is 14.6. The van der Waals surface area contributed by atoms with E-state index in [0.717, 1.165) is 11.1 Å². The fourth-order valence-corrected chi connectivity index (χ4v) is 8.54. The summed E-state index contributed by atoms with van der Waals surface area (Å²) >= 11 is 0. The van der Waals surface area contributed by atoms with Gasteiger partial charge in [0.05, 0.1) is 23.5 Å². The van der Waals surface area contributed by atoms with Gasteiger partial charge in [-0.3, -0.25) is 9.59 Å². The molecule has 2 saturated heterocycles. The number of phenols is 1. The number of aromatic hydroxyl groups is 1. The summed E-state index contributed by atoms with van der Waals surface area (Å²) in [4.78, 5) is 45.9. The van der Waals surface area contributed by atoms with Crippen LogP contribution in [0.25, 0.3) is 10.9 Å². The van der Waals surface area contributed by atoms with E-state index in [4.69, 9.17) is 0 Å². The van der Waals surface area contributed by atoms with E-state index in [1.54, 1.807) is 64.5 Å². The molecule has 0 aliphatic carbocycles. The quantitative estimate of drug-likeness (QED) is 0.200. The number of fused-ring (bicyclic) bond motifs is 2. The Morgan fingerprint density at radius 2 is 1.66 bits per heavy atom. The third-order valence-corrected chi connectivity index (χ3v) is 11.4. The predicted molar refractivity (Wildman–Crippen MR) is 200 cm³/mol. The lowest BCUT2D eigenvalue weighted by Gasteiger charge is -2.55. The second-order valence-corrected chi connectivity index (χ2v) is 15.1. The Balaban J connectivity index is 1.28. The van der Waals surface area contributed by atoms with E-state index in [0.29, 0.717) is 22.0 Å². The maximum Gasteiger partial charge on any atom is 0.334 e. The summed E-state index contributed by atoms with van der Waals surface area (Å²) in [5.74, 6) is -0.600. The molecule has 5 aromatic rings. The zero-order valence-electron chi connectivity index (χ0n) is 29.2. The largest absolute Gasteiger partial charge is 0.508 e. The fourth-order valence-electron chi connectivity index (χ4n) is 7.15. The van der Waals surface area contributed by atoms with Gasteiger partial charge >= 0.3 is 6.03 Å². The molecule has 7 rings (SSSR count). The Bertz CT molecular complexity index is 2270. The number of urea groups is 1. The fraction of sp³-hybridized carbons (Fsp3) is 0.225. The number of aromatic nitrogens is 1. The van der Waals surface area contributed by atoms with E-state index in [9.17, 15) is 27.9 Å². The van der Waals surface area contributed by atoms with Gasteiger partial charge in [-0.15, -0.1) is 6.58 Å². The first-order valence-electron chi connectivity index (χ1n) is 17.3. The molecule has 53 heavy (non-hydrogen) atoms. The summed E-state index contributed by atoms with van der Waals surface area (Å²) in [6.07, 6.45) is 2.36. The van der Waals surface area contributed by atoms with Crippen LogP contribution in [0.1, 0.15) is 22.3 Å². The topological polar surface area (TPSA) is 136 Å². The molecule has 0 saturated carbocycles. The van der Waals surface area contributed by atoms with Crippen molar-refractivity contribution in [3.8, 4) is 5.75 Å². The highest BCUT2D eigenvalue weighted by Gasteiger charge is 2.51. The van der Waals surface area contributed by atoms with Gasteiger partial charge in [-0.1, -0.05) is 84.4 Å². The van der Waals surface area contributed by atoms with Crippen molar-refractivity contribution in [2.75, 3.05) is 19.6 Å². The molecule has 13 heteroatoms. The highest BCUT2D eigenvalue weighted by Crippen LogP contribution is 2.32. The number of para-hydroxylation sites is 1. The van der Waals surface area contributed by atoms with Crippen LogP contribution in [-0.2, 0) is 39.1 Å². The molecule has 2 aliphatic heterocycles. The molecule has 1 aromatic heterocycles. The van der Waals surface area contributed by atoms with Gasteiger partial charge in [-0.2, -0.15) is 0 Å². The summed E-state index contributed by atoms with van der Waals surface area (Å²) in [6.45, 7) is 6.00. The van der Waals surface area contributed by atoms with Crippen LogP contribution in [0.15, 0.2) is 127 Å². The van der Waals surface area contributed by atoms with Crippen LogP contribution in [0.3, 0.4) is 0 Å². The van der Waals surface area contributed by atoms with Crippen molar-refractivity contribution in [3.05, 3.63) is 144 Å². The molecule has 0 bridgehead atoms. The molecule has 2 fully saturated rings. The number of carbonyl (C=O) groups is 3. The summed E-state index contributed by atoms with van der Waals surface area (Å²) in [7, 11) is -4.00. The number of rotatable bonds is 10. The Kier molecular flexibility index (Phi) is 9.78. The summed E-state index contributed by atoms with van der Waals surface area (Å²) in [6, 6.07) is 28.2. The summed E-state index contributed by atoms with van der Waals surface area (Å²) in [5, 5.41) is 16.7. The van der Waals surface area contributed by atoms with E-state index in [-0.39, 0.29) is 61.6 Å². The van der Waals surface area contributed by atoms with Crippen molar-refractivity contribution < 1.29 is 27.9 Å². The number of hydrogen-bond acceptors (Lipinski definition) is 7. The zero-order valence-corrected chi connectivity index (χ0v) is 30.0. The number of hydrazine groups is 1. The van der Waals surface area contributed by atoms with Crippen LogP contribution >= 0.6 is 0 Å². The average Bonchev–Trinajstić information content (AvgIpc) is 3.60. The number of carbonyl (C=O) groups excluding carboxylic acids is 3. The number of hydrogen-bond donors (Lipinski definition) is 2. The molecule has 12 nitrogen and oxygen atoms in total. The van der Waals surface area contributed by atoms with Crippen LogP contribution in [0.5, 0.6) is 5.75 Å². The third-order valence-electron chi connectivity index (χ3n) is 9.73. The first kappa shape index (κ1) is 35.5. The van der Waals surface area contributed by atoms with Crippen LogP contribution in [0.4, 0.5) is 4.79 Å². The molecule has 4 amide bonds. The Morgan fingerprint density at radius 1 is 0.925 bits per heavy atom. The van der Waals surface area contributed by atoms with Crippen molar-refractivity contribution >= 4 is 38.8 Å². The molecule has 4 aromatic carbocycles. The SMILES string of the molecule is C=CCN1CC(=O)N2C(Cc3ccc(O)cc3)C(=O)N(Cc3cccc4ccn(S(=O)(=O)c5ccc(C)cc5)c34)CC2N1C(=O)NCc1ccccc1. The number of amides is 4. The van der Waals surface area contributed by atoms with Crippen LogP contribution in [-0.4, -0.2) is 87.0 Å². The number of aryl methyl sites for hydroxylation is 1. The molecule has 3 heterocycles. The Hall–Kier alpha value is -5.92. The van der Waals surface area contributed by atoms with Crippen molar-refractivity contribution in [2.24, 2.45) is 0 Å². The van der Waals surface area contributed by atoms with Gasteiger partial charge in [-0.05, 0) is 53.9 Å². The lowest BCUT2D eigenvalue weighted by molar-refractivity contribution is -0.189. The number of phenolic OH excluding ortho intramolecular Hbond substituents is 1. The number of benzene rings is 4. The molecule has 2 unspecified atom stereocenters. The van der Waals surface area contributed by atoms with Gasteiger partial charge in [0, 0.05) is 37.6 Å². The van der Waals surface area contributed by atoms with Crippen LogP contribution in [0, 0.1) is 6.92 Å². The summed E-state index contributed by atoms with van der Waals surface area (Å²) in [5.41, 5.74) is 3.55. The molecular formula is C40H40N6O6S. The first-order chi connectivity index (χ1) is 25.5. The molecular weight excluding hydrogens is 693 g/mol. The van der Waals surface area contributed by atoms with E-state index in [2.05, 4.69) is 11.9 Å². The first-order valence-corrected chi connectivity index (χ1v) is 18.7. The minimum Gasteiger partial charge on any atom is -0.508 e. The van der Waals surface area contributed by atoms with E-state index in [1.807, 2.05) is 49.4 Å². The zero-order chi connectivity index (χ0) is 37.3. The van der Waals surface area contributed by atoms with Crippen molar-refractivity contribution in [3.63, 3.8) is 0 Å². The highest BCUT2D eigenvalue weighted by molar-refractivity contribution is 7.90. The second kappa shape index (κ2) is 14.6. The standard InChI is InChI=1S/C40H40N6O6S/c1-3-21-43-27-37(48)45-35(23-29-14-16-33(47)17-15-29)39(49)42(26-36(45)46(43)40(50)41-24-30-8-5-4-6-9-30)25-32-11-7-10-31-20-22-44(38(31)32)53(51,52)34-18-12-28(2)13-19-34/h3-20,22,35-36,47H,1,21,23-27H2,2H3,(H,41,50). The van der Waals surface area contributed by atoms with Crippen molar-refractivity contribution in [1.29, 1.82) is 0 Å². The minimum atomic E-state index is -4.00. The normalized spacial score (nSPS) is 17.9. The molecule has 2 atom stereocenters. The molecule has 0 radical (unpaired) electrons. The Morgan fingerprint density at radius 3 is 2.38 bits per heavy atom. The van der Waals surface area contributed by atoms with Gasteiger partial charge in [0.15, 0.2) is 0 Å². The third kappa shape index (κ3) is 7.00. The van der Waals surface area contributed by atoms with Gasteiger partial charge in [0.1, 0.15) is 18.0 Å². The van der Waals surface area contributed by atoms with Gasteiger partial charge in [0.2, 0.25) is 11.8 Å². The smallest absolute Gasteiger partial charge is 0.334 e. The van der Waals surface area contributed by atoms with Gasteiger partial charge in [0.25, 0.3) is 10.0 Å². The molecule has 0 spiro atoms. The minimum absolute atomic E-state index is 0.00907. The van der Waals surface area contributed by atoms with Crippen molar-refractivity contribution in [1.82, 2.24) is 29.1 Å². The Labute approximate surface area is 308 Å². The summed E-state index contributed by atoms with van der Waals surface area (Å²) < 4.78 is 29.2. The second-order valence-electron chi connectivity index (χ2n) is 13.3. The monoisotopic (exact) mass is 732 g/mol. The average molecular weight is 733 g/mol. The molecule has 2 aliphatic rings. The maximum absolute atomic E-state index is 14.6. The lowest BCUT2D eigenvalue weighted by atomic mass is 9.98. The van der Waals surface area contributed by atoms with Gasteiger partial charge in [-0.25, -0.2) is 27.2 Å². The number of piperazine rings is 1.